The highest BCUT2D eigenvalue weighted by molar-refractivity contribution is 5.96. The molecule has 0 radical (unpaired) electrons. The van der Waals surface area contributed by atoms with Gasteiger partial charge < -0.3 is 37.8 Å². The number of nitrogens with one attached hydrogen (secondary N) is 2. The molecule has 1 rings (SSSR count). The lowest BCUT2D eigenvalue weighted by atomic mass is 10.0. The molecule has 13 nitrogen and oxygen atoms in total. The average Bonchev–Trinajstić information content (AvgIpc) is 3.14. The summed E-state index contributed by atoms with van der Waals surface area (Å²) < 4.78 is 0. The van der Waals surface area contributed by atoms with E-state index in [-0.39, 0.29) is 31.7 Å². The van der Waals surface area contributed by atoms with Gasteiger partial charge in [-0.15, -0.1) is 0 Å². The van der Waals surface area contributed by atoms with Gasteiger partial charge >= 0.3 is 5.97 Å². The van der Waals surface area contributed by atoms with E-state index in [1.54, 1.807) is 13.8 Å². The molecule has 0 aliphatic carbocycles. The fourth-order valence-electron chi connectivity index (χ4n) is 3.46. The van der Waals surface area contributed by atoms with Crippen LogP contribution in [0.4, 0.5) is 0 Å². The van der Waals surface area contributed by atoms with Gasteiger partial charge in [0.1, 0.15) is 18.1 Å². The number of aliphatic carboxylic acids is 1. The van der Waals surface area contributed by atoms with E-state index in [4.69, 9.17) is 17.2 Å². The summed E-state index contributed by atoms with van der Waals surface area (Å²) in [7, 11) is 0. The number of carboxylic acids is 1. The molecular weight excluding hydrogens is 424 g/mol. The number of carbonyl (C=O) groups is 6. The van der Waals surface area contributed by atoms with Crippen LogP contribution < -0.4 is 27.8 Å². The first-order valence-corrected chi connectivity index (χ1v) is 10.3. The zero-order valence-electron chi connectivity index (χ0n) is 18.2. The Bertz CT molecular complexity index is 756. The van der Waals surface area contributed by atoms with Crippen LogP contribution in [0.25, 0.3) is 0 Å². The Kier molecular flexibility index (Phi) is 10.0. The SMILES string of the molecule is CC(C)CC(NC(=O)C(CC(N)=O)NC(=O)C1CCCN1C(=O)C(N)CC(N)=O)C(=O)O. The van der Waals surface area contributed by atoms with Crippen molar-refractivity contribution < 1.29 is 33.9 Å². The normalized spacial score (nSPS) is 18.5. The van der Waals surface area contributed by atoms with Gasteiger partial charge in [-0.3, -0.25) is 24.0 Å². The molecule has 0 spiro atoms. The third-order valence-corrected chi connectivity index (χ3v) is 4.94. The molecule has 0 aromatic rings. The molecule has 0 bridgehead atoms. The molecule has 0 aromatic carbocycles. The zero-order chi connectivity index (χ0) is 24.6. The van der Waals surface area contributed by atoms with Gasteiger partial charge in [0.25, 0.3) is 0 Å². The minimum Gasteiger partial charge on any atom is -0.480 e. The predicted octanol–water partition coefficient (Wildman–Crippen LogP) is -2.84. The van der Waals surface area contributed by atoms with Gasteiger partial charge in [-0.25, -0.2) is 4.79 Å². The first-order valence-electron chi connectivity index (χ1n) is 10.3. The Labute approximate surface area is 185 Å². The number of carbonyl (C=O) groups excluding carboxylic acids is 5. The molecule has 1 aliphatic rings. The van der Waals surface area contributed by atoms with Crippen LogP contribution in [0.2, 0.25) is 0 Å². The van der Waals surface area contributed by atoms with E-state index < -0.39 is 66.1 Å². The van der Waals surface area contributed by atoms with Gasteiger partial charge in [0.05, 0.1) is 18.9 Å². The van der Waals surface area contributed by atoms with Crippen LogP contribution in [0.3, 0.4) is 0 Å². The summed E-state index contributed by atoms with van der Waals surface area (Å²) in [6.07, 6.45) is -0.0522. The lowest BCUT2D eigenvalue weighted by molar-refractivity contribution is -0.143. The number of carboxylic acid groups (broad SMARTS) is 1. The van der Waals surface area contributed by atoms with E-state index in [2.05, 4.69) is 10.6 Å². The van der Waals surface area contributed by atoms with E-state index in [9.17, 15) is 33.9 Å². The highest BCUT2D eigenvalue weighted by Crippen LogP contribution is 2.19. The number of hydrogen-bond donors (Lipinski definition) is 6. The first kappa shape index (κ1) is 26.8. The quantitative estimate of drug-likeness (QED) is 0.179. The standard InChI is InChI=1S/C19H32N6O7/c1-9(2)6-12(19(31)32)24-16(28)11(8-15(22)27)23-17(29)13-4-3-5-25(13)18(30)10(20)7-14(21)26/h9-13H,3-8,20H2,1-2H3,(H2,21,26)(H2,22,27)(H,23,29)(H,24,28)(H,31,32). The Morgan fingerprint density at radius 3 is 2.09 bits per heavy atom. The number of nitrogens with zero attached hydrogens (tertiary/aromatic N) is 1. The maximum Gasteiger partial charge on any atom is 0.326 e. The second-order valence-corrected chi connectivity index (χ2v) is 8.23. The highest BCUT2D eigenvalue weighted by Gasteiger charge is 2.38. The van der Waals surface area contributed by atoms with Crippen LogP contribution in [0, 0.1) is 5.92 Å². The Morgan fingerprint density at radius 2 is 1.59 bits per heavy atom. The van der Waals surface area contributed by atoms with Crippen molar-refractivity contribution in [3.8, 4) is 0 Å². The van der Waals surface area contributed by atoms with Crippen molar-refractivity contribution >= 4 is 35.5 Å². The van der Waals surface area contributed by atoms with E-state index >= 15 is 0 Å². The molecule has 1 fully saturated rings. The van der Waals surface area contributed by atoms with Crippen LogP contribution in [-0.4, -0.2) is 76.2 Å². The molecule has 1 saturated heterocycles. The fraction of sp³-hybridized carbons (Fsp3) is 0.684. The first-order chi connectivity index (χ1) is 14.8. The molecule has 4 atom stereocenters. The molecule has 180 valence electrons. The van der Waals surface area contributed by atoms with Gasteiger partial charge in [-0.05, 0) is 25.2 Å². The summed E-state index contributed by atoms with van der Waals surface area (Å²) in [5.74, 6) is -5.19. The van der Waals surface area contributed by atoms with Crippen molar-refractivity contribution in [1.29, 1.82) is 0 Å². The number of amides is 5. The smallest absolute Gasteiger partial charge is 0.326 e. The van der Waals surface area contributed by atoms with E-state index in [0.29, 0.717) is 6.42 Å². The summed E-state index contributed by atoms with van der Waals surface area (Å²) in [6.45, 7) is 3.77. The average molecular weight is 457 g/mol. The molecule has 32 heavy (non-hydrogen) atoms. The monoisotopic (exact) mass is 456 g/mol. The van der Waals surface area contributed by atoms with Crippen LogP contribution in [0.15, 0.2) is 0 Å². The Hall–Kier alpha value is -3.22. The second-order valence-electron chi connectivity index (χ2n) is 8.23. The summed E-state index contributed by atoms with van der Waals surface area (Å²) in [5, 5.41) is 14.0. The number of rotatable bonds is 12. The molecule has 1 heterocycles. The van der Waals surface area contributed by atoms with Crippen molar-refractivity contribution in [1.82, 2.24) is 15.5 Å². The molecule has 5 amide bonds. The van der Waals surface area contributed by atoms with Crippen LogP contribution in [0.1, 0.15) is 46.0 Å². The van der Waals surface area contributed by atoms with Crippen LogP contribution >= 0.6 is 0 Å². The molecule has 13 heteroatoms. The van der Waals surface area contributed by atoms with Crippen LogP contribution in [0.5, 0.6) is 0 Å². The summed E-state index contributed by atoms with van der Waals surface area (Å²) >= 11 is 0. The fourth-order valence-corrected chi connectivity index (χ4v) is 3.46. The van der Waals surface area contributed by atoms with Gasteiger partial charge in [0.2, 0.25) is 29.5 Å². The van der Waals surface area contributed by atoms with Crippen molar-refractivity contribution in [2.24, 2.45) is 23.1 Å². The van der Waals surface area contributed by atoms with Gasteiger partial charge in [-0.2, -0.15) is 0 Å². The minimum absolute atomic E-state index is 0.0387. The molecule has 0 aromatic heterocycles. The summed E-state index contributed by atoms with van der Waals surface area (Å²) in [4.78, 5) is 73.0. The maximum absolute atomic E-state index is 12.8. The lowest BCUT2D eigenvalue weighted by Gasteiger charge is -2.28. The minimum atomic E-state index is -1.43. The van der Waals surface area contributed by atoms with Crippen molar-refractivity contribution in [2.75, 3.05) is 6.54 Å². The topological polar surface area (TPSA) is 228 Å². The number of nitrogens with two attached hydrogens (primary N) is 3. The van der Waals surface area contributed by atoms with Crippen LogP contribution in [-0.2, 0) is 28.8 Å². The summed E-state index contributed by atoms with van der Waals surface area (Å²) in [5.41, 5.74) is 15.9. The largest absolute Gasteiger partial charge is 0.480 e. The molecule has 4 unspecified atom stereocenters. The van der Waals surface area contributed by atoms with Crippen molar-refractivity contribution in [3.63, 3.8) is 0 Å². The Balaban J connectivity index is 2.93. The predicted molar refractivity (Wildman–Crippen MR) is 111 cm³/mol. The van der Waals surface area contributed by atoms with Gasteiger partial charge in [-0.1, -0.05) is 13.8 Å². The van der Waals surface area contributed by atoms with Crippen molar-refractivity contribution in [2.45, 2.75) is 70.1 Å². The van der Waals surface area contributed by atoms with Gasteiger partial charge in [0, 0.05) is 6.54 Å². The molecule has 1 aliphatic heterocycles. The third-order valence-electron chi connectivity index (χ3n) is 4.94. The lowest BCUT2D eigenvalue weighted by Crippen LogP contribution is -2.57. The molecule has 0 saturated carbocycles. The molecular formula is C19H32N6O7. The number of hydrogen-bond acceptors (Lipinski definition) is 7. The number of likely N-dealkylation sites (tertiary alicyclic amines) is 1. The van der Waals surface area contributed by atoms with E-state index in [1.165, 1.54) is 4.90 Å². The van der Waals surface area contributed by atoms with E-state index in [1.807, 2.05) is 0 Å². The number of primary amides is 2. The maximum atomic E-state index is 12.8. The Morgan fingerprint density at radius 1 is 1.00 bits per heavy atom. The van der Waals surface area contributed by atoms with Gasteiger partial charge in [0.15, 0.2) is 0 Å². The zero-order valence-corrected chi connectivity index (χ0v) is 18.2. The summed E-state index contributed by atoms with van der Waals surface area (Å²) in [6, 6.07) is -4.83. The highest BCUT2D eigenvalue weighted by atomic mass is 16.4. The van der Waals surface area contributed by atoms with Crippen molar-refractivity contribution in [3.05, 3.63) is 0 Å². The van der Waals surface area contributed by atoms with E-state index in [0.717, 1.165) is 0 Å². The third kappa shape index (κ3) is 8.13. The molecule has 9 N–H and O–H groups in total. The second kappa shape index (κ2) is 12.0.